The van der Waals surface area contributed by atoms with E-state index >= 15 is 0 Å². The normalized spacial score (nSPS) is 18.8. The van der Waals surface area contributed by atoms with Crippen LogP contribution in [0.25, 0.3) is 0 Å². The van der Waals surface area contributed by atoms with E-state index in [4.69, 9.17) is 4.74 Å². The van der Waals surface area contributed by atoms with Crippen LogP contribution in [0.3, 0.4) is 0 Å². The molecule has 0 bridgehead atoms. The topological polar surface area (TPSA) is 44.8 Å². The highest BCUT2D eigenvalue weighted by atomic mass is 32.1. The number of hydrogen-bond acceptors (Lipinski definition) is 4. The summed E-state index contributed by atoms with van der Waals surface area (Å²) in [4.78, 5) is 18.0. The number of thiophene rings is 1. The van der Waals surface area contributed by atoms with Crippen LogP contribution in [0.1, 0.15) is 56.9 Å². The number of fused-ring (bicyclic) bond motifs is 1. The van der Waals surface area contributed by atoms with E-state index in [1.54, 1.807) is 11.3 Å². The zero-order chi connectivity index (χ0) is 18.5. The highest BCUT2D eigenvalue weighted by Crippen LogP contribution is 2.35. The lowest BCUT2D eigenvalue weighted by molar-refractivity contribution is 0.0868. The number of carbonyl (C=O) groups excluding carboxylic acids is 1. The summed E-state index contributed by atoms with van der Waals surface area (Å²) in [5.41, 5.74) is 1.36. The molecule has 146 valence electrons. The number of hydrogen-bond donors (Lipinski definition) is 1. The van der Waals surface area contributed by atoms with Gasteiger partial charge < -0.3 is 19.9 Å². The van der Waals surface area contributed by atoms with Gasteiger partial charge in [-0.2, -0.15) is 0 Å². The van der Waals surface area contributed by atoms with E-state index in [-0.39, 0.29) is 6.03 Å². The van der Waals surface area contributed by atoms with Gasteiger partial charge in [0.05, 0.1) is 6.54 Å². The number of amides is 2. The summed E-state index contributed by atoms with van der Waals surface area (Å²) in [5, 5.41) is 4.06. The van der Waals surface area contributed by atoms with E-state index < -0.39 is 0 Å². The largest absolute Gasteiger partial charge is 0.481 e. The number of ether oxygens (including phenoxy) is 1. The quantitative estimate of drug-likeness (QED) is 0.763. The smallest absolute Gasteiger partial charge is 0.317 e. The fraction of sp³-hybridized carbons (Fsp3) is 0.750. The zero-order valence-electron chi connectivity index (χ0n) is 16.4. The van der Waals surface area contributed by atoms with Crippen molar-refractivity contribution in [1.82, 2.24) is 15.1 Å². The second-order valence-corrected chi connectivity index (χ2v) is 8.82. The van der Waals surface area contributed by atoms with Crippen LogP contribution in [0.4, 0.5) is 4.79 Å². The lowest BCUT2D eigenvalue weighted by Crippen LogP contribution is -2.42. The van der Waals surface area contributed by atoms with Gasteiger partial charge in [0.1, 0.15) is 6.10 Å². The molecule has 0 aliphatic carbocycles. The predicted molar refractivity (Wildman–Crippen MR) is 107 cm³/mol. The second-order valence-electron chi connectivity index (χ2n) is 7.72. The Morgan fingerprint density at radius 1 is 1.35 bits per heavy atom. The van der Waals surface area contributed by atoms with Gasteiger partial charge in [0.15, 0.2) is 5.06 Å². The number of nitrogens with one attached hydrogen (secondary N) is 1. The summed E-state index contributed by atoms with van der Waals surface area (Å²) in [7, 11) is 0. The Kier molecular flexibility index (Phi) is 6.81. The molecule has 0 spiro atoms. The predicted octanol–water partition coefficient (Wildman–Crippen LogP) is 3.87. The van der Waals surface area contributed by atoms with Gasteiger partial charge in [0.25, 0.3) is 0 Å². The van der Waals surface area contributed by atoms with Gasteiger partial charge in [-0.1, -0.05) is 13.3 Å². The third-order valence-electron chi connectivity index (χ3n) is 5.44. The van der Waals surface area contributed by atoms with Gasteiger partial charge in [-0.3, -0.25) is 0 Å². The lowest BCUT2D eigenvalue weighted by Gasteiger charge is -2.34. The van der Waals surface area contributed by atoms with E-state index in [0.717, 1.165) is 63.3 Å². The van der Waals surface area contributed by atoms with Crippen molar-refractivity contribution in [3.8, 4) is 5.06 Å². The van der Waals surface area contributed by atoms with E-state index in [9.17, 15) is 4.79 Å². The highest BCUT2D eigenvalue weighted by molar-refractivity contribution is 7.14. The van der Waals surface area contributed by atoms with Crippen molar-refractivity contribution in [2.24, 2.45) is 0 Å². The summed E-state index contributed by atoms with van der Waals surface area (Å²) < 4.78 is 6.28. The maximum absolute atomic E-state index is 12.3. The second kappa shape index (κ2) is 9.09. The first-order chi connectivity index (χ1) is 12.6. The molecule has 0 atom stereocenters. The Bertz CT molecular complexity index is 594. The summed E-state index contributed by atoms with van der Waals surface area (Å²) in [6.07, 6.45) is 5.61. The molecule has 0 radical (unpaired) electrons. The molecule has 1 saturated heterocycles. The van der Waals surface area contributed by atoms with E-state index in [1.807, 2.05) is 4.90 Å². The molecule has 0 unspecified atom stereocenters. The summed E-state index contributed by atoms with van der Waals surface area (Å²) in [6.45, 7) is 11.2. The molecule has 6 heteroatoms. The number of piperidine rings is 1. The number of urea groups is 1. The Balaban J connectivity index is 1.51. The van der Waals surface area contributed by atoms with Crippen molar-refractivity contribution in [3.63, 3.8) is 0 Å². The van der Waals surface area contributed by atoms with Crippen molar-refractivity contribution in [2.45, 2.75) is 71.6 Å². The average Bonchev–Trinajstić information content (AvgIpc) is 3.03. The first kappa shape index (κ1) is 19.5. The lowest BCUT2D eigenvalue weighted by atomic mass is 10.1. The molecular weight excluding hydrogens is 346 g/mol. The number of rotatable bonds is 6. The molecule has 3 heterocycles. The van der Waals surface area contributed by atoms with Crippen LogP contribution < -0.4 is 10.1 Å². The summed E-state index contributed by atoms with van der Waals surface area (Å²) >= 11 is 1.73. The van der Waals surface area contributed by atoms with Crippen LogP contribution in [0, 0.1) is 0 Å². The SMILES string of the molecule is CCCCNC(=O)N1CCc2cc(OC3CCN(C(C)C)CC3)sc2C1. The van der Waals surface area contributed by atoms with Crippen molar-refractivity contribution in [3.05, 3.63) is 16.5 Å². The molecule has 1 aromatic heterocycles. The first-order valence-corrected chi connectivity index (χ1v) is 10.9. The maximum Gasteiger partial charge on any atom is 0.317 e. The van der Waals surface area contributed by atoms with Crippen LogP contribution in [0.2, 0.25) is 0 Å². The van der Waals surface area contributed by atoms with Gasteiger partial charge in [0, 0.05) is 37.1 Å². The van der Waals surface area contributed by atoms with Crippen LogP contribution in [-0.4, -0.2) is 54.2 Å². The van der Waals surface area contributed by atoms with Crippen molar-refractivity contribution >= 4 is 17.4 Å². The Morgan fingerprint density at radius 3 is 2.81 bits per heavy atom. The molecule has 5 nitrogen and oxygen atoms in total. The van der Waals surface area contributed by atoms with Crippen molar-refractivity contribution in [2.75, 3.05) is 26.2 Å². The van der Waals surface area contributed by atoms with Crippen molar-refractivity contribution < 1.29 is 9.53 Å². The molecule has 2 aliphatic heterocycles. The highest BCUT2D eigenvalue weighted by Gasteiger charge is 2.26. The number of likely N-dealkylation sites (tertiary alicyclic amines) is 1. The van der Waals surface area contributed by atoms with Crippen molar-refractivity contribution in [1.29, 1.82) is 0 Å². The fourth-order valence-electron chi connectivity index (χ4n) is 3.68. The zero-order valence-corrected chi connectivity index (χ0v) is 17.2. The monoisotopic (exact) mass is 379 g/mol. The van der Waals surface area contributed by atoms with E-state index in [1.165, 1.54) is 10.4 Å². The number of nitrogens with zero attached hydrogens (tertiary/aromatic N) is 2. The van der Waals surface area contributed by atoms with Crippen LogP contribution in [0.5, 0.6) is 5.06 Å². The molecule has 3 rings (SSSR count). The fourth-order valence-corrected chi connectivity index (χ4v) is 4.82. The third-order valence-corrected chi connectivity index (χ3v) is 6.50. The van der Waals surface area contributed by atoms with Gasteiger partial charge in [0.2, 0.25) is 0 Å². The summed E-state index contributed by atoms with van der Waals surface area (Å²) in [6, 6.07) is 2.90. The average molecular weight is 380 g/mol. The number of carbonyl (C=O) groups is 1. The molecule has 26 heavy (non-hydrogen) atoms. The minimum atomic E-state index is 0.0704. The molecule has 2 aliphatic rings. The van der Waals surface area contributed by atoms with Crippen LogP contribution in [-0.2, 0) is 13.0 Å². The molecule has 2 amide bonds. The Hall–Kier alpha value is -1.27. The van der Waals surface area contributed by atoms with Gasteiger partial charge in [-0.15, -0.1) is 11.3 Å². The third kappa shape index (κ3) is 4.92. The molecule has 1 N–H and O–H groups in total. The molecule has 1 fully saturated rings. The Labute approximate surface area is 161 Å². The molecule has 0 saturated carbocycles. The standard InChI is InChI=1S/C20H33N3O2S/c1-4-5-9-21-20(24)23-10-6-16-13-19(26-18(16)14-23)25-17-7-11-22(12-8-17)15(2)3/h13,15,17H,4-12,14H2,1-3H3,(H,21,24). The minimum absolute atomic E-state index is 0.0704. The minimum Gasteiger partial charge on any atom is -0.481 e. The molecule has 0 aromatic carbocycles. The van der Waals surface area contributed by atoms with Gasteiger partial charge in [-0.25, -0.2) is 4.79 Å². The van der Waals surface area contributed by atoms with E-state index in [2.05, 4.69) is 37.1 Å². The van der Waals surface area contributed by atoms with Gasteiger partial charge >= 0.3 is 6.03 Å². The first-order valence-electron chi connectivity index (χ1n) is 10.1. The Morgan fingerprint density at radius 2 is 2.12 bits per heavy atom. The molecular formula is C20H33N3O2S. The van der Waals surface area contributed by atoms with Gasteiger partial charge in [-0.05, 0) is 51.2 Å². The van der Waals surface area contributed by atoms with Crippen LogP contribution >= 0.6 is 11.3 Å². The summed E-state index contributed by atoms with van der Waals surface area (Å²) in [5.74, 6) is 0. The molecule has 1 aromatic rings. The van der Waals surface area contributed by atoms with Crippen LogP contribution in [0.15, 0.2) is 6.07 Å². The van der Waals surface area contributed by atoms with E-state index in [0.29, 0.717) is 18.7 Å². The maximum atomic E-state index is 12.3. The number of unbranched alkanes of at least 4 members (excludes halogenated alkanes) is 1.